The number of alkyl carbamates (subject to hydrolysis) is 1. The van der Waals surface area contributed by atoms with Crippen LogP contribution in [0.2, 0.25) is 0 Å². The van der Waals surface area contributed by atoms with E-state index < -0.39 is 30.1 Å². The number of benzene rings is 2. The quantitative estimate of drug-likeness (QED) is 0.355. The maximum Gasteiger partial charge on any atom is 0.407 e. The molecule has 35 heavy (non-hydrogen) atoms. The molecule has 4 rings (SSSR count). The summed E-state index contributed by atoms with van der Waals surface area (Å²) in [6, 6.07) is 13.9. The van der Waals surface area contributed by atoms with E-state index in [-0.39, 0.29) is 25.4 Å². The Morgan fingerprint density at radius 1 is 1.03 bits per heavy atom. The molecule has 0 bridgehead atoms. The van der Waals surface area contributed by atoms with E-state index in [1.165, 1.54) is 6.33 Å². The van der Waals surface area contributed by atoms with E-state index in [9.17, 15) is 19.5 Å². The molecule has 1 aliphatic rings. The van der Waals surface area contributed by atoms with Crippen molar-refractivity contribution in [2.75, 3.05) is 6.61 Å². The minimum Gasteiger partial charge on any atom is -0.480 e. The van der Waals surface area contributed by atoms with Crippen LogP contribution in [0.1, 0.15) is 42.5 Å². The Morgan fingerprint density at radius 2 is 1.69 bits per heavy atom. The van der Waals surface area contributed by atoms with Crippen LogP contribution >= 0.6 is 0 Å². The molecule has 3 aromatic rings. The fraction of sp³-hybridized carbons (Fsp3) is 0.308. The lowest BCUT2D eigenvalue weighted by Gasteiger charge is -2.21. The normalized spacial score (nSPS) is 13.9. The summed E-state index contributed by atoms with van der Waals surface area (Å²) in [6.45, 7) is 1.94. The van der Waals surface area contributed by atoms with Crippen molar-refractivity contribution in [1.82, 2.24) is 20.6 Å². The highest BCUT2D eigenvalue weighted by Gasteiger charge is 2.31. The summed E-state index contributed by atoms with van der Waals surface area (Å²) in [5.74, 6) is -1.84. The molecule has 9 nitrogen and oxygen atoms in total. The SMILES string of the molecule is CCC[C@H](NC(=O)C(Cc1cnc[nH]1)NC(=O)OCC1c2ccccc2-c2ccccc21)C(=O)O. The van der Waals surface area contributed by atoms with Gasteiger partial charge in [0.05, 0.1) is 6.33 Å². The molecule has 2 amide bonds. The van der Waals surface area contributed by atoms with E-state index in [2.05, 4.69) is 20.6 Å². The minimum absolute atomic E-state index is 0.103. The highest BCUT2D eigenvalue weighted by molar-refractivity contribution is 5.89. The summed E-state index contributed by atoms with van der Waals surface area (Å²) in [7, 11) is 0. The number of nitrogens with zero attached hydrogens (tertiary/aromatic N) is 1. The number of carbonyl (C=O) groups excluding carboxylic acids is 2. The Kier molecular flexibility index (Phi) is 7.45. The van der Waals surface area contributed by atoms with E-state index in [1.54, 1.807) is 6.20 Å². The molecule has 4 N–H and O–H groups in total. The van der Waals surface area contributed by atoms with Gasteiger partial charge in [0, 0.05) is 24.2 Å². The first-order valence-electron chi connectivity index (χ1n) is 11.6. The number of imidazole rings is 1. The number of fused-ring (bicyclic) bond motifs is 3. The summed E-state index contributed by atoms with van der Waals surface area (Å²) >= 11 is 0. The highest BCUT2D eigenvalue weighted by Crippen LogP contribution is 2.44. The largest absolute Gasteiger partial charge is 0.480 e. The molecular formula is C26H28N4O5. The second-order valence-corrected chi connectivity index (χ2v) is 8.49. The lowest BCUT2D eigenvalue weighted by molar-refractivity contribution is -0.142. The molecular weight excluding hydrogens is 448 g/mol. The number of aliphatic carboxylic acids is 1. The molecule has 2 aromatic carbocycles. The van der Waals surface area contributed by atoms with Gasteiger partial charge in [0.1, 0.15) is 18.7 Å². The number of amides is 2. The zero-order chi connectivity index (χ0) is 24.8. The molecule has 1 aliphatic carbocycles. The molecule has 2 atom stereocenters. The van der Waals surface area contributed by atoms with Crippen LogP contribution in [0, 0.1) is 0 Å². The monoisotopic (exact) mass is 476 g/mol. The van der Waals surface area contributed by atoms with Gasteiger partial charge in [-0.3, -0.25) is 4.79 Å². The zero-order valence-corrected chi connectivity index (χ0v) is 19.4. The molecule has 0 saturated carbocycles. The van der Waals surface area contributed by atoms with Gasteiger partial charge in [0.25, 0.3) is 0 Å². The Morgan fingerprint density at radius 3 is 2.26 bits per heavy atom. The topological polar surface area (TPSA) is 133 Å². The summed E-state index contributed by atoms with van der Waals surface area (Å²) in [4.78, 5) is 44.0. The van der Waals surface area contributed by atoms with Crippen LogP contribution in [0.25, 0.3) is 11.1 Å². The predicted molar refractivity (Wildman–Crippen MR) is 129 cm³/mol. The number of carbonyl (C=O) groups is 3. The minimum atomic E-state index is -1.12. The lowest BCUT2D eigenvalue weighted by Crippen LogP contribution is -2.52. The lowest BCUT2D eigenvalue weighted by atomic mass is 9.98. The molecule has 1 aromatic heterocycles. The molecule has 1 heterocycles. The van der Waals surface area contributed by atoms with Gasteiger partial charge < -0.3 is 25.5 Å². The first-order chi connectivity index (χ1) is 17.0. The number of ether oxygens (including phenoxy) is 1. The van der Waals surface area contributed by atoms with E-state index in [0.29, 0.717) is 12.1 Å². The third kappa shape index (κ3) is 5.51. The first kappa shape index (κ1) is 24.0. The number of hydrogen-bond donors (Lipinski definition) is 4. The van der Waals surface area contributed by atoms with Crippen molar-refractivity contribution in [3.8, 4) is 11.1 Å². The summed E-state index contributed by atoms with van der Waals surface area (Å²) < 4.78 is 5.57. The number of H-pyrrole nitrogens is 1. The van der Waals surface area contributed by atoms with Crippen molar-refractivity contribution < 1.29 is 24.2 Å². The van der Waals surface area contributed by atoms with E-state index in [0.717, 1.165) is 22.3 Å². The third-order valence-electron chi connectivity index (χ3n) is 6.12. The molecule has 0 saturated heterocycles. The van der Waals surface area contributed by atoms with Gasteiger partial charge >= 0.3 is 12.1 Å². The van der Waals surface area contributed by atoms with Gasteiger partial charge in [-0.25, -0.2) is 14.6 Å². The van der Waals surface area contributed by atoms with Gasteiger partial charge in [0.2, 0.25) is 5.91 Å². The van der Waals surface area contributed by atoms with Gasteiger partial charge in [-0.05, 0) is 28.7 Å². The van der Waals surface area contributed by atoms with Crippen LogP contribution in [0.15, 0.2) is 61.1 Å². The maximum absolute atomic E-state index is 12.9. The number of nitrogens with one attached hydrogen (secondary N) is 3. The number of aromatic amines is 1. The first-order valence-corrected chi connectivity index (χ1v) is 11.6. The van der Waals surface area contributed by atoms with Crippen LogP contribution < -0.4 is 10.6 Å². The van der Waals surface area contributed by atoms with Gasteiger partial charge in [0.15, 0.2) is 0 Å². The zero-order valence-electron chi connectivity index (χ0n) is 19.4. The van der Waals surface area contributed by atoms with Crippen LogP contribution in [0.4, 0.5) is 4.79 Å². The average Bonchev–Trinajstić information content (AvgIpc) is 3.48. The van der Waals surface area contributed by atoms with Crippen LogP contribution in [0.5, 0.6) is 0 Å². The van der Waals surface area contributed by atoms with E-state index in [1.807, 2.05) is 55.5 Å². The molecule has 0 aliphatic heterocycles. The van der Waals surface area contributed by atoms with Crippen molar-refractivity contribution >= 4 is 18.0 Å². The Balaban J connectivity index is 1.44. The molecule has 0 spiro atoms. The highest BCUT2D eigenvalue weighted by atomic mass is 16.5. The fourth-order valence-corrected chi connectivity index (χ4v) is 4.43. The number of aromatic nitrogens is 2. The van der Waals surface area contributed by atoms with Crippen LogP contribution in [-0.4, -0.2) is 51.7 Å². The molecule has 0 fully saturated rings. The van der Waals surface area contributed by atoms with Crippen molar-refractivity contribution in [2.24, 2.45) is 0 Å². The fourth-order valence-electron chi connectivity index (χ4n) is 4.43. The summed E-state index contributed by atoms with van der Waals surface area (Å²) in [6.07, 6.45) is 3.23. The van der Waals surface area contributed by atoms with E-state index in [4.69, 9.17) is 4.74 Å². The van der Waals surface area contributed by atoms with Crippen molar-refractivity contribution in [1.29, 1.82) is 0 Å². The van der Waals surface area contributed by atoms with Gasteiger partial charge in [-0.1, -0.05) is 61.9 Å². The molecule has 1 unspecified atom stereocenters. The van der Waals surface area contributed by atoms with Gasteiger partial charge in [-0.2, -0.15) is 0 Å². The van der Waals surface area contributed by atoms with Crippen molar-refractivity contribution in [2.45, 2.75) is 44.2 Å². The number of carboxylic acids is 1. The Bertz CT molecular complexity index is 1150. The second kappa shape index (κ2) is 10.9. The Labute approximate surface area is 202 Å². The average molecular weight is 477 g/mol. The molecule has 0 radical (unpaired) electrons. The molecule has 9 heteroatoms. The molecule has 182 valence electrons. The summed E-state index contributed by atoms with van der Waals surface area (Å²) in [5.41, 5.74) is 5.01. The van der Waals surface area contributed by atoms with Crippen LogP contribution in [0.3, 0.4) is 0 Å². The number of hydrogen-bond acceptors (Lipinski definition) is 5. The Hall–Kier alpha value is -4.14. The standard InChI is InChI=1S/C26H28N4O5/c1-2-7-22(25(32)33)29-24(31)23(12-16-13-27-15-28-16)30-26(34)35-14-21-19-10-5-3-8-17(19)18-9-4-6-11-20(18)21/h3-6,8-11,13,15,21-23H,2,7,12,14H2,1H3,(H,27,28)(H,29,31)(H,30,34)(H,32,33)/t22-,23?/m0/s1. The number of carboxylic acid groups (broad SMARTS) is 1. The van der Waals surface area contributed by atoms with Crippen molar-refractivity contribution in [3.05, 3.63) is 77.9 Å². The van der Waals surface area contributed by atoms with E-state index >= 15 is 0 Å². The maximum atomic E-state index is 12.9. The smallest absolute Gasteiger partial charge is 0.407 e. The van der Waals surface area contributed by atoms with Crippen LogP contribution in [-0.2, 0) is 20.7 Å². The van der Waals surface area contributed by atoms with Gasteiger partial charge in [-0.15, -0.1) is 0 Å². The van der Waals surface area contributed by atoms with Crippen molar-refractivity contribution in [3.63, 3.8) is 0 Å². The third-order valence-corrected chi connectivity index (χ3v) is 6.12. The number of rotatable bonds is 10. The second-order valence-electron chi connectivity index (χ2n) is 8.49. The summed E-state index contributed by atoms with van der Waals surface area (Å²) in [5, 5.41) is 14.5. The predicted octanol–water partition coefficient (Wildman–Crippen LogP) is 3.23.